The molecule has 0 aromatic heterocycles. The van der Waals surface area contributed by atoms with E-state index in [0.29, 0.717) is 12.1 Å². The Kier molecular flexibility index (Phi) is 6.34. The van der Waals surface area contributed by atoms with E-state index in [2.05, 4.69) is 14.8 Å². The summed E-state index contributed by atoms with van der Waals surface area (Å²) in [6.07, 6.45) is 0.681. The van der Waals surface area contributed by atoms with Gasteiger partial charge in [0.25, 0.3) is 0 Å². The lowest BCUT2D eigenvalue weighted by Crippen LogP contribution is -2.41. The number of anilines is 1. The topological polar surface area (TPSA) is 83.1 Å². The van der Waals surface area contributed by atoms with Crippen molar-refractivity contribution in [1.82, 2.24) is 0 Å². The van der Waals surface area contributed by atoms with Gasteiger partial charge in [-0.2, -0.15) is 0 Å². The summed E-state index contributed by atoms with van der Waals surface area (Å²) in [5.41, 5.74) is -3.18. The second-order valence-electron chi connectivity index (χ2n) is 7.24. The van der Waals surface area contributed by atoms with Gasteiger partial charge >= 0.3 is 19.1 Å². The van der Waals surface area contributed by atoms with Crippen LogP contribution in [0.1, 0.15) is 27.7 Å². The summed E-state index contributed by atoms with van der Waals surface area (Å²) in [5, 5.41) is 2.28. The van der Waals surface area contributed by atoms with E-state index in [0.717, 1.165) is 14.2 Å². The first-order valence-electron chi connectivity index (χ1n) is 8.52. The molecule has 1 aliphatic heterocycles. The van der Waals surface area contributed by atoms with Crippen molar-refractivity contribution in [3.8, 4) is 0 Å². The molecule has 1 N–H and O–H groups in total. The minimum Gasteiger partial charge on any atom is -0.466 e. The number of esters is 2. The maximum absolute atomic E-state index is 14.6. The Hall–Kier alpha value is -2.53. The minimum absolute atomic E-state index is 0.250. The van der Waals surface area contributed by atoms with E-state index in [4.69, 9.17) is 9.31 Å². The first kappa shape index (κ1) is 22.8. The summed E-state index contributed by atoms with van der Waals surface area (Å²) in [4.78, 5) is 23.5. The molecule has 0 amide bonds. The molecule has 0 atom stereocenters. The summed E-state index contributed by atoms with van der Waals surface area (Å²) in [5.74, 6) is -6.92. The van der Waals surface area contributed by atoms with Crippen LogP contribution in [0.5, 0.6) is 0 Å². The van der Waals surface area contributed by atoms with Crippen molar-refractivity contribution >= 4 is 30.2 Å². The van der Waals surface area contributed by atoms with Gasteiger partial charge in [-0.25, -0.2) is 22.8 Å². The number of halogens is 3. The quantitative estimate of drug-likeness (QED) is 0.341. The number of hydrogen-bond donors (Lipinski definition) is 1. The lowest BCUT2D eigenvalue weighted by molar-refractivity contribution is -0.138. The third kappa shape index (κ3) is 4.40. The van der Waals surface area contributed by atoms with Gasteiger partial charge in [0.15, 0.2) is 17.5 Å². The number of hydrogen-bond acceptors (Lipinski definition) is 7. The number of benzene rings is 1. The van der Waals surface area contributed by atoms with Gasteiger partial charge in [0, 0.05) is 5.46 Å². The van der Waals surface area contributed by atoms with Crippen LogP contribution in [0.25, 0.3) is 0 Å². The summed E-state index contributed by atoms with van der Waals surface area (Å²) in [6, 6.07) is 0.690. The molecule has 1 heterocycles. The summed E-state index contributed by atoms with van der Waals surface area (Å²) in [6.45, 7) is 6.86. The number of rotatable bonds is 5. The molecule has 7 nitrogen and oxygen atoms in total. The van der Waals surface area contributed by atoms with Crippen LogP contribution in [0, 0.1) is 17.5 Å². The van der Waals surface area contributed by atoms with Crippen LogP contribution >= 0.6 is 0 Å². The first-order valence-corrected chi connectivity index (χ1v) is 8.52. The van der Waals surface area contributed by atoms with Gasteiger partial charge < -0.3 is 24.1 Å². The Morgan fingerprint density at radius 3 is 2.07 bits per heavy atom. The van der Waals surface area contributed by atoms with Crippen molar-refractivity contribution < 1.29 is 41.5 Å². The lowest BCUT2D eigenvalue weighted by Gasteiger charge is -2.32. The Labute approximate surface area is 166 Å². The van der Waals surface area contributed by atoms with Crippen molar-refractivity contribution in [2.45, 2.75) is 38.9 Å². The van der Waals surface area contributed by atoms with Gasteiger partial charge in [0.05, 0.1) is 37.2 Å². The highest BCUT2D eigenvalue weighted by Crippen LogP contribution is 2.37. The van der Waals surface area contributed by atoms with Crippen LogP contribution in [0.2, 0.25) is 0 Å². The van der Waals surface area contributed by atoms with E-state index in [-0.39, 0.29) is 5.46 Å². The predicted octanol–water partition coefficient (Wildman–Crippen LogP) is 2.04. The molecule has 0 radical (unpaired) electrons. The largest absolute Gasteiger partial charge is 0.497 e. The number of ether oxygens (including phenoxy) is 2. The highest BCUT2D eigenvalue weighted by atomic mass is 19.2. The van der Waals surface area contributed by atoms with Crippen molar-refractivity contribution in [3.05, 3.63) is 35.3 Å². The Bertz CT molecular complexity index is 856. The zero-order valence-electron chi connectivity index (χ0n) is 16.8. The molecule has 1 fully saturated rings. The van der Waals surface area contributed by atoms with Crippen molar-refractivity contribution in [3.63, 3.8) is 0 Å². The Balaban J connectivity index is 2.59. The standard InChI is InChI=1S/C18H21BF3NO6/c1-17(2)18(3,4)29-19(28-17)9-7-10(20)13(21)14(22)15(9)23-11(16(25)27-6)8-12(24)26-5/h7-8,23H,1-6H3/b11-8+. The highest BCUT2D eigenvalue weighted by Gasteiger charge is 2.53. The van der Waals surface area contributed by atoms with E-state index >= 15 is 0 Å². The zero-order chi connectivity index (χ0) is 22.1. The van der Waals surface area contributed by atoms with Gasteiger partial charge in [-0.3, -0.25) is 0 Å². The second-order valence-corrected chi connectivity index (χ2v) is 7.24. The van der Waals surface area contributed by atoms with Crippen LogP contribution in [0.15, 0.2) is 17.8 Å². The molecule has 0 unspecified atom stereocenters. The maximum atomic E-state index is 14.6. The molecule has 0 aliphatic carbocycles. The summed E-state index contributed by atoms with van der Waals surface area (Å²) >= 11 is 0. The van der Waals surface area contributed by atoms with Crippen molar-refractivity contribution in [2.75, 3.05) is 19.5 Å². The second kappa shape index (κ2) is 8.07. The normalized spacial score (nSPS) is 17.8. The average Bonchev–Trinajstić information content (AvgIpc) is 2.87. The molecule has 1 aliphatic rings. The Morgan fingerprint density at radius 2 is 1.59 bits per heavy atom. The van der Waals surface area contributed by atoms with Crippen LogP contribution in [-0.4, -0.2) is 44.5 Å². The molecule has 1 aromatic carbocycles. The molecular formula is C18H21BF3NO6. The van der Waals surface area contributed by atoms with E-state index in [9.17, 15) is 22.8 Å². The van der Waals surface area contributed by atoms with Crippen molar-refractivity contribution in [2.24, 2.45) is 0 Å². The Morgan fingerprint density at radius 1 is 1.03 bits per heavy atom. The molecule has 0 spiro atoms. The van der Waals surface area contributed by atoms with Gasteiger partial charge in [0.1, 0.15) is 5.70 Å². The highest BCUT2D eigenvalue weighted by molar-refractivity contribution is 6.64. The van der Waals surface area contributed by atoms with Crippen LogP contribution in [-0.2, 0) is 28.4 Å². The zero-order valence-corrected chi connectivity index (χ0v) is 16.8. The molecule has 158 valence electrons. The van der Waals surface area contributed by atoms with Gasteiger partial charge in [0.2, 0.25) is 0 Å². The third-order valence-electron chi connectivity index (χ3n) is 4.83. The number of carbonyl (C=O) groups excluding carboxylic acids is 2. The number of methoxy groups -OCH3 is 2. The molecule has 11 heteroatoms. The predicted molar refractivity (Wildman–Crippen MR) is 97.8 cm³/mol. The molecule has 0 bridgehead atoms. The molecule has 2 rings (SSSR count). The first-order chi connectivity index (χ1) is 13.3. The maximum Gasteiger partial charge on any atom is 0.497 e. The van der Waals surface area contributed by atoms with Crippen LogP contribution in [0.4, 0.5) is 18.9 Å². The fourth-order valence-electron chi connectivity index (χ4n) is 2.46. The summed E-state index contributed by atoms with van der Waals surface area (Å²) in [7, 11) is 0.789. The third-order valence-corrected chi connectivity index (χ3v) is 4.83. The van der Waals surface area contributed by atoms with Crippen molar-refractivity contribution in [1.29, 1.82) is 0 Å². The summed E-state index contributed by atoms with van der Waals surface area (Å²) < 4.78 is 63.0. The minimum atomic E-state index is -1.78. The smallest absolute Gasteiger partial charge is 0.466 e. The van der Waals surface area contributed by atoms with Gasteiger partial charge in [-0.1, -0.05) is 0 Å². The SMILES string of the molecule is COC(=O)/C=C(/Nc1c(B2OC(C)(C)C(C)(C)O2)cc(F)c(F)c1F)C(=O)OC. The molecule has 1 aromatic rings. The van der Waals surface area contributed by atoms with E-state index < -0.39 is 59.1 Å². The van der Waals surface area contributed by atoms with E-state index in [1.54, 1.807) is 27.7 Å². The monoisotopic (exact) mass is 415 g/mol. The van der Waals surface area contributed by atoms with Crippen LogP contribution < -0.4 is 10.8 Å². The fourth-order valence-corrected chi connectivity index (χ4v) is 2.46. The molecular weight excluding hydrogens is 394 g/mol. The van der Waals surface area contributed by atoms with Crippen LogP contribution in [0.3, 0.4) is 0 Å². The molecule has 1 saturated heterocycles. The van der Waals surface area contributed by atoms with E-state index in [1.807, 2.05) is 0 Å². The fraction of sp³-hybridized carbons (Fsp3) is 0.444. The van der Waals surface area contributed by atoms with E-state index in [1.165, 1.54) is 0 Å². The van der Waals surface area contributed by atoms with Gasteiger partial charge in [-0.15, -0.1) is 0 Å². The number of carbonyl (C=O) groups is 2. The number of nitrogens with one attached hydrogen (secondary N) is 1. The molecule has 29 heavy (non-hydrogen) atoms. The lowest BCUT2D eigenvalue weighted by atomic mass is 9.77. The average molecular weight is 415 g/mol. The molecule has 0 saturated carbocycles. The van der Waals surface area contributed by atoms with Gasteiger partial charge in [-0.05, 0) is 33.8 Å².